The number of alkyl halides is 3. The van der Waals surface area contributed by atoms with Crippen LogP contribution in [-0.4, -0.2) is 49.0 Å². The van der Waals surface area contributed by atoms with Crippen LogP contribution >= 0.6 is 11.6 Å². The third-order valence-corrected chi connectivity index (χ3v) is 6.33. The normalized spacial score (nSPS) is 11.5. The SMILES string of the molecule is O=C(CCCNC(=O)Nc1ccccc1Cl)NCC(=O)NC(CC(=O)OOC(=O)C(F)(F)F)c1ccc(-c2ccccc2)cc1. The summed E-state index contributed by atoms with van der Waals surface area (Å²) in [6, 6.07) is 20.9. The van der Waals surface area contributed by atoms with Crippen LogP contribution in [0.25, 0.3) is 11.1 Å². The summed E-state index contributed by atoms with van der Waals surface area (Å²) in [4.78, 5) is 67.4. The summed E-state index contributed by atoms with van der Waals surface area (Å²) >= 11 is 5.99. The highest BCUT2D eigenvalue weighted by molar-refractivity contribution is 6.33. The van der Waals surface area contributed by atoms with Crippen LogP contribution in [0, 0.1) is 0 Å². The van der Waals surface area contributed by atoms with Crippen molar-refractivity contribution in [2.24, 2.45) is 0 Å². The Morgan fingerprint density at radius 1 is 0.778 bits per heavy atom. The van der Waals surface area contributed by atoms with E-state index in [4.69, 9.17) is 11.6 Å². The lowest BCUT2D eigenvalue weighted by atomic mass is 9.99. The molecule has 0 heterocycles. The zero-order chi connectivity index (χ0) is 32.8. The van der Waals surface area contributed by atoms with Crippen LogP contribution in [0.2, 0.25) is 5.02 Å². The van der Waals surface area contributed by atoms with E-state index in [1.807, 2.05) is 30.3 Å². The Balaban J connectivity index is 1.51. The molecule has 238 valence electrons. The molecule has 11 nitrogen and oxygen atoms in total. The Morgan fingerprint density at radius 2 is 1.42 bits per heavy atom. The van der Waals surface area contributed by atoms with E-state index in [-0.39, 0.29) is 19.4 Å². The molecule has 3 rings (SSSR count). The third kappa shape index (κ3) is 11.8. The number of nitrogens with one attached hydrogen (secondary N) is 4. The van der Waals surface area contributed by atoms with Crippen molar-refractivity contribution in [3.8, 4) is 11.1 Å². The van der Waals surface area contributed by atoms with Crippen LogP contribution in [-0.2, 0) is 29.0 Å². The molecule has 0 aliphatic rings. The summed E-state index contributed by atoms with van der Waals surface area (Å²) in [5.41, 5.74) is 2.51. The summed E-state index contributed by atoms with van der Waals surface area (Å²) in [7, 11) is 0. The topological polar surface area (TPSA) is 152 Å². The maximum atomic E-state index is 12.6. The summed E-state index contributed by atoms with van der Waals surface area (Å²) in [5.74, 6) is -5.30. The first-order valence-electron chi connectivity index (χ1n) is 13.4. The van der Waals surface area contributed by atoms with Crippen molar-refractivity contribution in [1.82, 2.24) is 16.0 Å². The summed E-state index contributed by atoms with van der Waals surface area (Å²) in [6.45, 7) is -0.339. The second-order valence-corrected chi connectivity index (χ2v) is 9.78. The smallest absolute Gasteiger partial charge is 0.347 e. The zero-order valence-electron chi connectivity index (χ0n) is 23.5. The molecule has 4 N–H and O–H groups in total. The van der Waals surface area contributed by atoms with Gasteiger partial charge in [0.05, 0.1) is 29.7 Å². The highest BCUT2D eigenvalue weighted by Crippen LogP contribution is 2.24. The average Bonchev–Trinajstić information content (AvgIpc) is 3.02. The maximum absolute atomic E-state index is 12.6. The van der Waals surface area contributed by atoms with Gasteiger partial charge in [-0.1, -0.05) is 78.3 Å². The molecule has 0 radical (unpaired) electrons. The Labute approximate surface area is 260 Å². The molecule has 0 fully saturated rings. The molecule has 0 spiro atoms. The highest BCUT2D eigenvalue weighted by atomic mass is 35.5. The molecule has 0 aliphatic carbocycles. The number of carbonyl (C=O) groups excluding carboxylic acids is 5. The zero-order valence-corrected chi connectivity index (χ0v) is 24.2. The van der Waals surface area contributed by atoms with Gasteiger partial charge in [-0.25, -0.2) is 24.2 Å². The van der Waals surface area contributed by atoms with Gasteiger partial charge in [0.15, 0.2) is 0 Å². The molecule has 1 atom stereocenters. The first-order chi connectivity index (χ1) is 21.4. The van der Waals surface area contributed by atoms with Crippen LogP contribution in [0.15, 0.2) is 78.9 Å². The van der Waals surface area contributed by atoms with E-state index in [1.54, 1.807) is 48.5 Å². The summed E-state index contributed by atoms with van der Waals surface area (Å²) in [5, 5.41) is 10.4. The molecule has 0 saturated carbocycles. The minimum Gasteiger partial charge on any atom is -0.347 e. The van der Waals surface area contributed by atoms with Gasteiger partial charge in [-0.3, -0.25) is 9.59 Å². The van der Waals surface area contributed by atoms with Crippen LogP contribution < -0.4 is 21.3 Å². The number of anilines is 1. The molecule has 0 aliphatic heterocycles. The maximum Gasteiger partial charge on any atom is 0.495 e. The Hall–Kier alpha value is -5.11. The largest absolute Gasteiger partial charge is 0.495 e. The molecule has 3 aromatic carbocycles. The van der Waals surface area contributed by atoms with E-state index >= 15 is 0 Å². The fraction of sp³-hybridized carbons (Fsp3) is 0.233. The first kappa shape index (κ1) is 34.4. The van der Waals surface area contributed by atoms with Gasteiger partial charge in [-0.05, 0) is 35.2 Å². The average molecular weight is 649 g/mol. The van der Waals surface area contributed by atoms with E-state index in [0.29, 0.717) is 16.3 Å². The summed E-state index contributed by atoms with van der Waals surface area (Å²) in [6.07, 6.45) is -5.85. The van der Waals surface area contributed by atoms with Gasteiger partial charge in [0.25, 0.3) is 0 Å². The van der Waals surface area contributed by atoms with Crippen LogP contribution in [0.5, 0.6) is 0 Å². The van der Waals surface area contributed by atoms with Crippen LogP contribution in [0.1, 0.15) is 30.9 Å². The second-order valence-electron chi connectivity index (χ2n) is 9.38. The van der Waals surface area contributed by atoms with Gasteiger partial charge >= 0.3 is 24.1 Å². The number of benzene rings is 3. The fourth-order valence-electron chi connectivity index (χ4n) is 3.82. The van der Waals surface area contributed by atoms with Gasteiger partial charge in [-0.2, -0.15) is 13.2 Å². The van der Waals surface area contributed by atoms with Crippen molar-refractivity contribution in [2.45, 2.75) is 31.5 Å². The number of halogens is 4. The Bertz CT molecular complexity index is 1490. The number of para-hydroxylation sites is 1. The van der Waals surface area contributed by atoms with Gasteiger partial charge < -0.3 is 21.3 Å². The highest BCUT2D eigenvalue weighted by Gasteiger charge is 2.43. The number of rotatable bonds is 12. The van der Waals surface area contributed by atoms with Crippen molar-refractivity contribution in [2.75, 3.05) is 18.4 Å². The van der Waals surface area contributed by atoms with Crippen LogP contribution in [0.4, 0.5) is 23.7 Å². The lowest BCUT2D eigenvalue weighted by Gasteiger charge is -2.19. The fourth-order valence-corrected chi connectivity index (χ4v) is 4.00. The predicted molar refractivity (Wildman–Crippen MR) is 156 cm³/mol. The van der Waals surface area contributed by atoms with Crippen molar-refractivity contribution in [3.05, 3.63) is 89.4 Å². The third-order valence-electron chi connectivity index (χ3n) is 6.00. The second kappa shape index (κ2) is 16.7. The number of hydrogen-bond acceptors (Lipinski definition) is 7. The molecule has 0 bridgehead atoms. The standard InChI is InChI=1S/C30H28ClF3N4O7/c31-22-9-4-5-10-23(22)38-29(43)35-16-6-11-25(39)36-18-26(40)37-24(17-27(41)44-45-28(42)30(32,33)34)21-14-12-20(13-15-21)19-7-2-1-3-8-19/h1-5,7-10,12-15,24H,6,11,16-18H2,(H,36,39)(H,37,40)(H2,35,38,43). The van der Waals surface area contributed by atoms with Crippen molar-refractivity contribution in [1.29, 1.82) is 0 Å². The van der Waals surface area contributed by atoms with Gasteiger partial charge in [0.1, 0.15) is 0 Å². The molecule has 4 amide bonds. The number of hydrogen-bond donors (Lipinski definition) is 4. The van der Waals surface area contributed by atoms with Gasteiger partial charge in [-0.15, -0.1) is 0 Å². The lowest BCUT2D eigenvalue weighted by molar-refractivity contribution is -0.286. The van der Waals surface area contributed by atoms with Crippen LogP contribution in [0.3, 0.4) is 0 Å². The molecule has 3 aromatic rings. The van der Waals surface area contributed by atoms with E-state index in [1.165, 1.54) is 0 Å². The quantitative estimate of drug-likeness (QED) is 0.125. The molecule has 0 saturated heterocycles. The van der Waals surface area contributed by atoms with Crippen molar-refractivity contribution < 1.29 is 46.9 Å². The van der Waals surface area contributed by atoms with E-state index in [9.17, 15) is 37.1 Å². The van der Waals surface area contributed by atoms with E-state index < -0.39 is 55.0 Å². The van der Waals surface area contributed by atoms with E-state index in [2.05, 4.69) is 31.0 Å². The molecule has 45 heavy (non-hydrogen) atoms. The summed E-state index contributed by atoms with van der Waals surface area (Å²) < 4.78 is 37.1. The van der Waals surface area contributed by atoms with Crippen molar-refractivity contribution >= 4 is 47.1 Å². The molecular formula is C30H28ClF3N4O7. The Kier molecular flexibility index (Phi) is 12.7. The Morgan fingerprint density at radius 3 is 2.09 bits per heavy atom. The van der Waals surface area contributed by atoms with E-state index in [0.717, 1.165) is 11.1 Å². The molecule has 15 heteroatoms. The number of carbonyl (C=O) groups is 5. The molecular weight excluding hydrogens is 621 g/mol. The van der Waals surface area contributed by atoms with Gasteiger partial charge in [0.2, 0.25) is 11.8 Å². The lowest BCUT2D eigenvalue weighted by Crippen LogP contribution is -2.39. The van der Waals surface area contributed by atoms with Crippen molar-refractivity contribution in [3.63, 3.8) is 0 Å². The number of urea groups is 1. The van der Waals surface area contributed by atoms with Gasteiger partial charge in [0, 0.05) is 13.0 Å². The predicted octanol–water partition coefficient (Wildman–Crippen LogP) is 4.84. The monoisotopic (exact) mass is 648 g/mol. The minimum absolute atomic E-state index is 0.0269. The minimum atomic E-state index is -5.38. The molecule has 0 aromatic heterocycles. The number of amides is 4. The molecule has 1 unspecified atom stereocenters. The first-order valence-corrected chi connectivity index (χ1v) is 13.8.